The van der Waals surface area contributed by atoms with E-state index in [1.54, 1.807) is 24.4 Å². The lowest BCUT2D eigenvalue weighted by Crippen LogP contribution is -2.43. The fourth-order valence-corrected chi connectivity index (χ4v) is 5.10. The smallest absolute Gasteiger partial charge is 0.253 e. The molecule has 0 aliphatic carbocycles. The third-order valence-corrected chi connectivity index (χ3v) is 6.64. The van der Waals surface area contributed by atoms with Crippen LogP contribution in [0.5, 0.6) is 0 Å². The van der Waals surface area contributed by atoms with Crippen LogP contribution in [0.25, 0.3) is 0 Å². The van der Waals surface area contributed by atoms with Gasteiger partial charge in [0.2, 0.25) is 0 Å². The molecule has 1 aliphatic rings. The van der Waals surface area contributed by atoms with Crippen LogP contribution in [-0.2, 0) is 14.8 Å². The molecule has 1 aliphatic heterocycles. The summed E-state index contributed by atoms with van der Waals surface area (Å²) in [4.78, 5) is 18.5. The Bertz CT molecular complexity index is 814. The fraction of sp³-hybridized carbons (Fsp3) is 0.385. The molecule has 2 aromatic heterocycles. The van der Waals surface area contributed by atoms with Crippen molar-refractivity contribution in [2.45, 2.75) is 17.2 Å². The van der Waals surface area contributed by atoms with Crippen LogP contribution in [0, 0.1) is 6.92 Å². The Morgan fingerprint density at radius 3 is 3.00 bits per heavy atom. The van der Waals surface area contributed by atoms with Crippen molar-refractivity contribution in [3.8, 4) is 0 Å². The Hall–Kier alpha value is -1.55. The Labute approximate surface area is 131 Å². The standard InChI is InChI=1S/C13H15N3O4S2/c1-9-14-10(7-12(17)15-9)11-8-20-5-4-16(11)22(18,19)13-3-2-6-21-13/h2-3,6-7,11H,4-5,8H2,1H3,(H,14,15,17)/t11-/m0/s1. The number of aromatic nitrogens is 2. The van der Waals surface area contributed by atoms with E-state index < -0.39 is 16.1 Å². The average Bonchev–Trinajstić information content (AvgIpc) is 3.01. The van der Waals surface area contributed by atoms with Gasteiger partial charge in [-0.3, -0.25) is 4.79 Å². The highest BCUT2D eigenvalue weighted by Gasteiger charge is 2.36. The number of aromatic amines is 1. The largest absolute Gasteiger partial charge is 0.378 e. The lowest BCUT2D eigenvalue weighted by molar-refractivity contribution is 0.0305. The molecule has 0 amide bonds. The zero-order chi connectivity index (χ0) is 15.7. The summed E-state index contributed by atoms with van der Waals surface area (Å²) in [5, 5.41) is 1.72. The minimum atomic E-state index is -3.62. The number of hydrogen-bond acceptors (Lipinski definition) is 6. The third kappa shape index (κ3) is 2.84. The number of sulfonamides is 1. The molecule has 0 bridgehead atoms. The molecule has 9 heteroatoms. The van der Waals surface area contributed by atoms with Crippen molar-refractivity contribution in [3.05, 3.63) is 45.5 Å². The molecule has 0 saturated carbocycles. The van der Waals surface area contributed by atoms with Crippen LogP contribution in [0.15, 0.2) is 32.6 Å². The van der Waals surface area contributed by atoms with Crippen molar-refractivity contribution in [1.29, 1.82) is 0 Å². The molecule has 7 nitrogen and oxygen atoms in total. The maximum absolute atomic E-state index is 12.8. The third-order valence-electron chi connectivity index (χ3n) is 3.36. The molecule has 0 unspecified atom stereocenters. The van der Waals surface area contributed by atoms with Gasteiger partial charge >= 0.3 is 0 Å². The molecule has 1 saturated heterocycles. The van der Waals surface area contributed by atoms with E-state index in [1.165, 1.54) is 21.7 Å². The Kier molecular flexibility index (Phi) is 4.13. The highest BCUT2D eigenvalue weighted by molar-refractivity contribution is 7.91. The lowest BCUT2D eigenvalue weighted by Gasteiger charge is -2.33. The van der Waals surface area contributed by atoms with Gasteiger partial charge in [-0.25, -0.2) is 13.4 Å². The fourth-order valence-electron chi connectivity index (χ4n) is 2.41. The van der Waals surface area contributed by atoms with E-state index in [1.807, 2.05) is 0 Å². The molecule has 0 radical (unpaired) electrons. The first-order valence-electron chi connectivity index (χ1n) is 6.69. The first-order chi connectivity index (χ1) is 10.5. The maximum atomic E-state index is 12.8. The molecular formula is C13H15N3O4S2. The van der Waals surface area contributed by atoms with E-state index in [2.05, 4.69) is 9.97 Å². The highest BCUT2D eigenvalue weighted by Crippen LogP contribution is 2.30. The highest BCUT2D eigenvalue weighted by atomic mass is 32.2. The molecule has 1 atom stereocenters. The molecule has 1 fully saturated rings. The van der Waals surface area contributed by atoms with Crippen LogP contribution in [0.1, 0.15) is 17.6 Å². The van der Waals surface area contributed by atoms with E-state index in [0.29, 0.717) is 18.1 Å². The van der Waals surface area contributed by atoms with Crippen LogP contribution >= 0.6 is 11.3 Å². The van der Waals surface area contributed by atoms with Gasteiger partial charge in [0.1, 0.15) is 10.0 Å². The minimum absolute atomic E-state index is 0.181. The van der Waals surface area contributed by atoms with E-state index in [4.69, 9.17) is 4.74 Å². The SMILES string of the molecule is Cc1nc([C@@H]2COCCN2S(=O)(=O)c2cccs2)cc(=O)[nH]1. The van der Waals surface area contributed by atoms with Gasteiger partial charge in [0.25, 0.3) is 15.6 Å². The van der Waals surface area contributed by atoms with Crippen LogP contribution in [-0.4, -0.2) is 42.4 Å². The normalized spacial score (nSPS) is 20.1. The number of rotatable bonds is 3. The van der Waals surface area contributed by atoms with Gasteiger partial charge in [0.05, 0.1) is 24.9 Å². The lowest BCUT2D eigenvalue weighted by atomic mass is 10.2. The molecular weight excluding hydrogens is 326 g/mol. The summed E-state index contributed by atoms with van der Waals surface area (Å²) in [6.07, 6.45) is 0. The second kappa shape index (κ2) is 5.92. The predicted octanol–water partition coefficient (Wildman–Crippen LogP) is 0.902. The van der Waals surface area contributed by atoms with Crippen molar-refractivity contribution in [2.24, 2.45) is 0 Å². The Balaban J connectivity index is 2.03. The summed E-state index contributed by atoms with van der Waals surface area (Å²) in [5.41, 5.74) is 0.0997. The van der Waals surface area contributed by atoms with Gasteiger partial charge in [0.15, 0.2) is 0 Å². The van der Waals surface area contributed by atoms with E-state index in [-0.39, 0.29) is 22.9 Å². The van der Waals surface area contributed by atoms with Gasteiger partial charge < -0.3 is 9.72 Å². The number of ether oxygens (including phenoxy) is 1. The van der Waals surface area contributed by atoms with Crippen molar-refractivity contribution in [3.63, 3.8) is 0 Å². The Morgan fingerprint density at radius 2 is 2.32 bits per heavy atom. The number of aryl methyl sites for hydroxylation is 1. The quantitative estimate of drug-likeness (QED) is 0.895. The summed E-state index contributed by atoms with van der Waals surface area (Å²) >= 11 is 1.17. The topological polar surface area (TPSA) is 92.4 Å². The van der Waals surface area contributed by atoms with Gasteiger partial charge in [-0.05, 0) is 18.4 Å². The number of morpholine rings is 1. The summed E-state index contributed by atoms with van der Waals surface area (Å²) in [5.74, 6) is 0.446. The minimum Gasteiger partial charge on any atom is -0.378 e. The number of nitrogens with zero attached hydrogens (tertiary/aromatic N) is 2. The summed E-state index contributed by atoms with van der Waals surface area (Å²) < 4.78 is 32.6. The number of nitrogens with one attached hydrogen (secondary N) is 1. The zero-order valence-electron chi connectivity index (χ0n) is 11.9. The summed E-state index contributed by atoms with van der Waals surface area (Å²) in [7, 11) is -3.62. The molecule has 118 valence electrons. The maximum Gasteiger partial charge on any atom is 0.253 e. The number of H-pyrrole nitrogens is 1. The van der Waals surface area contributed by atoms with Gasteiger partial charge in [-0.1, -0.05) is 6.07 Å². The molecule has 22 heavy (non-hydrogen) atoms. The van der Waals surface area contributed by atoms with Crippen LogP contribution < -0.4 is 5.56 Å². The first kappa shape index (κ1) is 15.3. The monoisotopic (exact) mass is 341 g/mol. The van der Waals surface area contributed by atoms with Gasteiger partial charge in [-0.2, -0.15) is 4.31 Å². The predicted molar refractivity (Wildman–Crippen MR) is 81.4 cm³/mol. The van der Waals surface area contributed by atoms with Crippen LogP contribution in [0.2, 0.25) is 0 Å². The molecule has 3 rings (SSSR count). The molecule has 3 heterocycles. The van der Waals surface area contributed by atoms with Crippen molar-refractivity contribution in [1.82, 2.24) is 14.3 Å². The van der Waals surface area contributed by atoms with Crippen molar-refractivity contribution in [2.75, 3.05) is 19.8 Å². The van der Waals surface area contributed by atoms with Crippen LogP contribution in [0.4, 0.5) is 0 Å². The second-order valence-electron chi connectivity index (χ2n) is 4.89. The average molecular weight is 341 g/mol. The van der Waals surface area contributed by atoms with E-state index in [9.17, 15) is 13.2 Å². The van der Waals surface area contributed by atoms with Crippen molar-refractivity contribution >= 4 is 21.4 Å². The molecule has 0 aromatic carbocycles. The first-order valence-corrected chi connectivity index (χ1v) is 9.01. The number of thiophene rings is 1. The van der Waals surface area contributed by atoms with Gasteiger partial charge in [0, 0.05) is 12.6 Å². The van der Waals surface area contributed by atoms with E-state index >= 15 is 0 Å². The number of hydrogen-bond donors (Lipinski definition) is 1. The Morgan fingerprint density at radius 1 is 1.50 bits per heavy atom. The molecule has 0 spiro atoms. The second-order valence-corrected chi connectivity index (χ2v) is 7.96. The summed E-state index contributed by atoms with van der Waals surface area (Å²) in [6, 6.07) is 4.00. The van der Waals surface area contributed by atoms with Crippen LogP contribution in [0.3, 0.4) is 0 Å². The van der Waals surface area contributed by atoms with Gasteiger partial charge in [-0.15, -0.1) is 11.3 Å². The summed E-state index contributed by atoms with van der Waals surface area (Å²) in [6.45, 7) is 2.40. The molecule has 2 aromatic rings. The zero-order valence-corrected chi connectivity index (χ0v) is 13.5. The van der Waals surface area contributed by atoms with E-state index in [0.717, 1.165) is 0 Å². The molecule has 1 N–H and O–H groups in total. The van der Waals surface area contributed by atoms with Crippen molar-refractivity contribution < 1.29 is 13.2 Å².